The summed E-state index contributed by atoms with van der Waals surface area (Å²) in [6, 6.07) is 8.41. The first-order valence-electron chi connectivity index (χ1n) is 6.02. The summed E-state index contributed by atoms with van der Waals surface area (Å²) in [5.41, 5.74) is 1.42. The second kappa shape index (κ2) is 5.52. The molecule has 0 nitrogen and oxygen atoms in total. The molecular weight excluding hydrogens is 248 g/mol. The first kappa shape index (κ1) is 14.0. The van der Waals surface area contributed by atoms with Crippen LogP contribution in [0.5, 0.6) is 0 Å². The largest absolute Gasteiger partial charge is 0.127 e. The van der Waals surface area contributed by atoms with Crippen LogP contribution in [-0.4, -0.2) is 22.8 Å². The molecule has 1 rings (SSSR count). The third-order valence-corrected chi connectivity index (χ3v) is 8.31. The van der Waals surface area contributed by atoms with Crippen LogP contribution in [0.4, 0.5) is 0 Å². The molecule has 0 aliphatic rings. The van der Waals surface area contributed by atoms with Crippen molar-refractivity contribution in [3.63, 3.8) is 0 Å². The fourth-order valence-electron chi connectivity index (χ4n) is 1.86. The van der Waals surface area contributed by atoms with Gasteiger partial charge in [-0.05, 0) is 13.0 Å². The predicted octanol–water partition coefficient (Wildman–Crippen LogP) is 2.84. The molecule has 0 radical (unpaired) electrons. The summed E-state index contributed by atoms with van der Waals surface area (Å²) in [4.78, 5) is 0. The summed E-state index contributed by atoms with van der Waals surface area (Å²) in [5.74, 6) is 0.809. The first-order valence-corrected chi connectivity index (χ1v) is 12.6. The number of hydrogen-bond donors (Lipinski definition) is 0. The van der Waals surface area contributed by atoms with Crippen molar-refractivity contribution in [2.75, 3.05) is 5.88 Å². The fourth-order valence-corrected chi connectivity index (χ4v) is 5.94. The molecule has 0 bridgehead atoms. The molecule has 0 N–H and O–H groups in total. The molecule has 1 atom stereocenters. The molecule has 0 heterocycles. The predicted molar refractivity (Wildman–Crippen MR) is 82.3 cm³/mol. The van der Waals surface area contributed by atoms with Crippen molar-refractivity contribution in [3.8, 4) is 0 Å². The Morgan fingerprint density at radius 1 is 1.19 bits per heavy atom. The summed E-state index contributed by atoms with van der Waals surface area (Å²) in [7, 11) is -1.97. The standard InChI is InChI=1S/C13H23ClSi2/c1-11-8-12(15(2)7-6-14)10-13(9-11)16(3,4)5/h8-10,15H,6-7H2,1-5H3. The van der Waals surface area contributed by atoms with E-state index in [1.165, 1.54) is 11.6 Å². The molecule has 0 saturated carbocycles. The molecule has 0 amide bonds. The monoisotopic (exact) mass is 270 g/mol. The molecule has 0 saturated heterocycles. The van der Waals surface area contributed by atoms with Gasteiger partial charge < -0.3 is 0 Å². The second-order valence-electron chi connectivity index (χ2n) is 5.76. The van der Waals surface area contributed by atoms with Crippen LogP contribution in [0.3, 0.4) is 0 Å². The van der Waals surface area contributed by atoms with Gasteiger partial charge in [-0.3, -0.25) is 0 Å². The van der Waals surface area contributed by atoms with Gasteiger partial charge in [0.1, 0.15) is 0 Å². The lowest BCUT2D eigenvalue weighted by molar-refractivity contribution is 1.43. The van der Waals surface area contributed by atoms with Gasteiger partial charge in [0.15, 0.2) is 0 Å². The Labute approximate surface area is 108 Å². The number of hydrogen-bond acceptors (Lipinski definition) is 0. The molecule has 16 heavy (non-hydrogen) atoms. The van der Waals surface area contributed by atoms with E-state index in [-0.39, 0.29) is 0 Å². The third-order valence-electron chi connectivity index (χ3n) is 3.08. The van der Waals surface area contributed by atoms with Gasteiger partial charge in [0.25, 0.3) is 0 Å². The zero-order chi connectivity index (χ0) is 12.3. The summed E-state index contributed by atoms with van der Waals surface area (Å²) in [6.07, 6.45) is 0. The van der Waals surface area contributed by atoms with Crippen molar-refractivity contribution < 1.29 is 0 Å². The molecule has 1 aromatic carbocycles. The molecule has 1 aromatic rings. The lowest BCUT2D eigenvalue weighted by Gasteiger charge is -2.20. The van der Waals surface area contributed by atoms with Crippen molar-refractivity contribution in [1.29, 1.82) is 0 Å². The molecule has 0 aromatic heterocycles. The minimum atomic E-state index is -1.18. The van der Waals surface area contributed by atoms with Gasteiger partial charge in [-0.15, -0.1) is 11.6 Å². The van der Waals surface area contributed by atoms with Crippen molar-refractivity contribution >= 4 is 38.8 Å². The van der Waals surface area contributed by atoms with Crippen LogP contribution in [0.2, 0.25) is 32.2 Å². The first-order chi connectivity index (χ1) is 7.34. The summed E-state index contributed by atoms with van der Waals surface area (Å²) in [5, 5.41) is 3.19. The average molecular weight is 271 g/mol. The van der Waals surface area contributed by atoms with E-state index in [4.69, 9.17) is 11.6 Å². The smallest absolute Gasteiger partial charge is 0.0775 e. The minimum absolute atomic E-state index is 0.798. The van der Waals surface area contributed by atoms with E-state index in [9.17, 15) is 0 Å². The van der Waals surface area contributed by atoms with Gasteiger partial charge in [-0.25, -0.2) is 0 Å². The molecule has 0 aliphatic heterocycles. The Kier molecular flexibility index (Phi) is 4.83. The number of alkyl halides is 1. The van der Waals surface area contributed by atoms with E-state index in [1.807, 2.05) is 0 Å². The SMILES string of the molecule is Cc1cc([SiH](C)CCCl)cc([Si](C)(C)C)c1. The zero-order valence-electron chi connectivity index (χ0n) is 11.1. The number of benzene rings is 1. The van der Waals surface area contributed by atoms with Crippen LogP contribution in [0.15, 0.2) is 18.2 Å². The highest BCUT2D eigenvalue weighted by molar-refractivity contribution is 6.89. The molecule has 1 unspecified atom stereocenters. The lowest BCUT2D eigenvalue weighted by Crippen LogP contribution is -2.41. The van der Waals surface area contributed by atoms with Crippen molar-refractivity contribution in [2.24, 2.45) is 0 Å². The van der Waals surface area contributed by atoms with Crippen LogP contribution in [0.1, 0.15) is 5.56 Å². The van der Waals surface area contributed by atoms with Crippen molar-refractivity contribution in [2.45, 2.75) is 39.2 Å². The topological polar surface area (TPSA) is 0 Å². The Morgan fingerprint density at radius 3 is 2.31 bits per heavy atom. The van der Waals surface area contributed by atoms with E-state index >= 15 is 0 Å². The Hall–Kier alpha value is -0.0562. The van der Waals surface area contributed by atoms with Gasteiger partial charge in [0.05, 0.1) is 16.9 Å². The molecule has 3 heteroatoms. The Balaban J connectivity index is 3.08. The summed E-state index contributed by atoms with van der Waals surface area (Å²) >= 11 is 5.86. The highest BCUT2D eigenvalue weighted by Crippen LogP contribution is 2.05. The third kappa shape index (κ3) is 3.75. The molecular formula is C13H23ClSi2. The highest BCUT2D eigenvalue weighted by Gasteiger charge is 2.18. The number of halogens is 1. The molecule has 0 spiro atoms. The molecule has 90 valence electrons. The summed E-state index contributed by atoms with van der Waals surface area (Å²) in [6.45, 7) is 11.9. The van der Waals surface area contributed by atoms with Crippen LogP contribution in [0.25, 0.3) is 0 Å². The van der Waals surface area contributed by atoms with E-state index in [0.29, 0.717) is 0 Å². The maximum Gasteiger partial charge on any atom is 0.0775 e. The van der Waals surface area contributed by atoms with Gasteiger partial charge in [-0.2, -0.15) is 0 Å². The maximum atomic E-state index is 5.86. The van der Waals surface area contributed by atoms with E-state index in [0.717, 1.165) is 5.88 Å². The number of rotatable bonds is 4. The summed E-state index contributed by atoms with van der Waals surface area (Å²) < 4.78 is 0. The van der Waals surface area contributed by atoms with Gasteiger partial charge in [0.2, 0.25) is 0 Å². The maximum absolute atomic E-state index is 5.86. The van der Waals surface area contributed by atoms with Crippen LogP contribution in [-0.2, 0) is 0 Å². The normalized spacial score (nSPS) is 13.9. The fraction of sp³-hybridized carbons (Fsp3) is 0.538. The Bertz CT molecular complexity index is 355. The van der Waals surface area contributed by atoms with Crippen LogP contribution >= 0.6 is 11.6 Å². The zero-order valence-corrected chi connectivity index (χ0v) is 14.0. The molecule has 0 fully saturated rings. The average Bonchev–Trinajstić information content (AvgIpc) is 2.16. The van der Waals surface area contributed by atoms with Crippen molar-refractivity contribution in [3.05, 3.63) is 23.8 Å². The lowest BCUT2D eigenvalue weighted by atomic mass is 10.2. The Morgan fingerprint density at radius 2 is 1.81 bits per heavy atom. The highest BCUT2D eigenvalue weighted by atomic mass is 35.5. The quantitative estimate of drug-likeness (QED) is 0.583. The van der Waals surface area contributed by atoms with Crippen LogP contribution in [0, 0.1) is 6.92 Å². The minimum Gasteiger partial charge on any atom is -0.127 e. The molecule has 0 aliphatic carbocycles. The number of aryl methyl sites for hydroxylation is 1. The van der Waals surface area contributed by atoms with E-state index in [2.05, 4.69) is 51.3 Å². The van der Waals surface area contributed by atoms with Gasteiger partial charge >= 0.3 is 0 Å². The second-order valence-corrected chi connectivity index (χ2v) is 14.3. The van der Waals surface area contributed by atoms with Gasteiger partial charge in [-0.1, -0.05) is 60.3 Å². The van der Waals surface area contributed by atoms with Crippen LogP contribution < -0.4 is 10.4 Å². The van der Waals surface area contributed by atoms with E-state index < -0.39 is 16.9 Å². The van der Waals surface area contributed by atoms with Gasteiger partial charge in [0, 0.05) is 5.88 Å². The van der Waals surface area contributed by atoms with E-state index in [1.54, 1.807) is 10.4 Å². The van der Waals surface area contributed by atoms with Crippen molar-refractivity contribution in [1.82, 2.24) is 0 Å².